The van der Waals surface area contributed by atoms with Gasteiger partial charge in [0.25, 0.3) is 0 Å². The summed E-state index contributed by atoms with van der Waals surface area (Å²) < 4.78 is 6.67. The van der Waals surface area contributed by atoms with Crippen LogP contribution in [0.5, 0.6) is 0 Å². The van der Waals surface area contributed by atoms with Crippen LogP contribution in [0.1, 0.15) is 11.3 Å². The summed E-state index contributed by atoms with van der Waals surface area (Å²) in [4.78, 5) is 0. The highest BCUT2D eigenvalue weighted by molar-refractivity contribution is 8.10. The van der Waals surface area contributed by atoms with Gasteiger partial charge in [-0.2, -0.15) is 4.57 Å². The van der Waals surface area contributed by atoms with E-state index in [0.717, 1.165) is 11.3 Å². The van der Waals surface area contributed by atoms with E-state index in [1.165, 1.54) is 7.11 Å². The average Bonchev–Trinajstić information content (AvgIpc) is 2.49. The molecule has 21 heavy (non-hydrogen) atoms. The molecule has 110 valence electrons. The monoisotopic (exact) mass is 342 g/mol. The Bertz CT molecular complexity index is 633. The van der Waals surface area contributed by atoms with Crippen molar-refractivity contribution < 1.29 is 14.4 Å². The first-order chi connectivity index (χ1) is 10.1. The highest BCUT2D eigenvalue weighted by Crippen LogP contribution is 2.55. The van der Waals surface area contributed by atoms with Crippen molar-refractivity contribution in [2.75, 3.05) is 7.11 Å². The van der Waals surface area contributed by atoms with Gasteiger partial charge < -0.3 is 9.84 Å². The van der Waals surface area contributed by atoms with Gasteiger partial charge in [-0.05, 0) is 5.56 Å². The predicted molar refractivity (Wildman–Crippen MR) is 87.4 cm³/mol. The number of rotatable bonds is 5. The number of nitrogens with zero attached hydrogens (tertiary/aromatic N) is 1. The Balaban J connectivity index is 2.45. The van der Waals surface area contributed by atoms with E-state index in [1.54, 1.807) is 4.57 Å². The van der Waals surface area contributed by atoms with E-state index >= 15 is 0 Å². The molecular weight excluding hydrogens is 328 g/mol. The molecule has 0 spiro atoms. The molecule has 0 aliphatic carbocycles. The predicted octanol–water partition coefficient (Wildman–Crippen LogP) is 4.64. The van der Waals surface area contributed by atoms with Gasteiger partial charge in [0.15, 0.2) is 18.5 Å². The van der Waals surface area contributed by atoms with Gasteiger partial charge in [0, 0.05) is 12.1 Å². The van der Waals surface area contributed by atoms with Crippen molar-refractivity contribution in [2.45, 2.75) is 6.42 Å². The highest BCUT2D eigenvalue weighted by atomic mass is 35.9. The number of halogens is 2. The van der Waals surface area contributed by atoms with Crippen molar-refractivity contribution >= 4 is 34.5 Å². The van der Waals surface area contributed by atoms with Crippen molar-refractivity contribution in [3.05, 3.63) is 71.9 Å². The average molecular weight is 343 g/mol. The van der Waals surface area contributed by atoms with Crippen LogP contribution in [0.25, 0.3) is 5.44 Å². The highest BCUT2D eigenvalue weighted by Gasteiger charge is 2.29. The number of pyridine rings is 1. The van der Waals surface area contributed by atoms with Gasteiger partial charge in [0.05, 0.1) is 13.5 Å². The van der Waals surface area contributed by atoms with E-state index in [9.17, 15) is 5.11 Å². The van der Waals surface area contributed by atoms with Crippen LogP contribution in [0.2, 0.25) is 0 Å². The summed E-state index contributed by atoms with van der Waals surface area (Å²) >= 11 is 12.1. The SMILES string of the molecule is CO/C(O)=C(/[n+]1ccccc1Cc1ccccc1)P(Cl)Cl. The summed E-state index contributed by atoms with van der Waals surface area (Å²) in [6.07, 6.45) is 2.50. The largest absolute Gasteiger partial charge is 0.476 e. The molecule has 0 aliphatic rings. The molecule has 0 bridgehead atoms. The maximum atomic E-state index is 9.92. The van der Waals surface area contributed by atoms with E-state index < -0.39 is 6.63 Å². The molecule has 0 saturated heterocycles. The third-order valence-electron chi connectivity index (χ3n) is 2.95. The fourth-order valence-corrected chi connectivity index (χ4v) is 3.50. The molecule has 6 heteroatoms. The van der Waals surface area contributed by atoms with Crippen LogP contribution in [0.4, 0.5) is 0 Å². The number of hydrogen-bond acceptors (Lipinski definition) is 2. The lowest BCUT2D eigenvalue weighted by Crippen LogP contribution is -2.36. The normalized spacial score (nSPS) is 12.2. The number of hydrogen-bond donors (Lipinski definition) is 1. The van der Waals surface area contributed by atoms with Crippen LogP contribution in [0.15, 0.2) is 60.7 Å². The molecule has 0 amide bonds. The van der Waals surface area contributed by atoms with Crippen molar-refractivity contribution in [3.63, 3.8) is 0 Å². The molecule has 0 radical (unpaired) electrons. The maximum absolute atomic E-state index is 9.92. The minimum Gasteiger partial charge on any atom is -0.476 e. The Morgan fingerprint density at radius 1 is 1.14 bits per heavy atom. The summed E-state index contributed by atoms with van der Waals surface area (Å²) in [6, 6.07) is 15.8. The Morgan fingerprint density at radius 2 is 1.81 bits per heavy atom. The van der Waals surface area contributed by atoms with Gasteiger partial charge in [-0.1, -0.05) is 58.9 Å². The summed E-state index contributed by atoms with van der Waals surface area (Å²) in [5, 5.41) is 9.92. The lowest BCUT2D eigenvalue weighted by atomic mass is 10.1. The van der Waals surface area contributed by atoms with Crippen LogP contribution < -0.4 is 4.57 Å². The second kappa shape index (κ2) is 7.65. The fourth-order valence-electron chi connectivity index (χ4n) is 1.98. The third kappa shape index (κ3) is 4.10. The number of methoxy groups -OCH3 is 1. The Hall–Kier alpha value is -1.28. The zero-order chi connectivity index (χ0) is 15.2. The number of aliphatic hydroxyl groups is 1. The number of aliphatic hydroxyl groups excluding tert-OH is 1. The molecule has 0 fully saturated rings. The van der Waals surface area contributed by atoms with E-state index in [2.05, 4.69) is 0 Å². The lowest BCUT2D eigenvalue weighted by molar-refractivity contribution is -0.584. The molecule has 1 aromatic carbocycles. The number of benzene rings is 1. The summed E-state index contributed by atoms with van der Waals surface area (Å²) in [7, 11) is 1.38. The van der Waals surface area contributed by atoms with Gasteiger partial charge >= 0.3 is 11.4 Å². The van der Waals surface area contributed by atoms with Gasteiger partial charge in [-0.25, -0.2) is 0 Å². The van der Waals surface area contributed by atoms with Gasteiger partial charge in [-0.3, -0.25) is 0 Å². The molecule has 1 N–H and O–H groups in total. The zero-order valence-electron chi connectivity index (χ0n) is 11.4. The fraction of sp³-hybridized carbons (Fsp3) is 0.133. The number of aromatic nitrogens is 1. The van der Waals surface area contributed by atoms with Crippen molar-refractivity contribution in [1.82, 2.24) is 0 Å². The second-order valence-corrected chi connectivity index (χ2v) is 7.73. The summed E-state index contributed by atoms with van der Waals surface area (Å²) in [6.45, 7) is -1.56. The minimum atomic E-state index is -1.56. The molecule has 0 aliphatic heterocycles. The van der Waals surface area contributed by atoms with E-state index in [4.69, 9.17) is 27.2 Å². The molecule has 0 unspecified atom stereocenters. The Morgan fingerprint density at radius 3 is 2.43 bits per heavy atom. The van der Waals surface area contributed by atoms with Crippen molar-refractivity contribution in [1.29, 1.82) is 0 Å². The smallest absolute Gasteiger partial charge is 0.355 e. The van der Waals surface area contributed by atoms with Gasteiger partial charge in [-0.15, -0.1) is 0 Å². The molecular formula is C15H15Cl2NO2P+. The Labute approximate surface area is 134 Å². The number of ether oxygens (including phenoxy) is 1. The molecule has 0 atom stereocenters. The topological polar surface area (TPSA) is 33.3 Å². The standard InChI is InChI=1S/C15H14Cl2NO2P/c1-20-15(19)14(21(16)17)18-10-6-5-9-13(18)11-12-7-3-2-4-8-12/h2-10H,11H2,1H3/p+1/b15-14-. The molecule has 1 heterocycles. The summed E-state index contributed by atoms with van der Waals surface area (Å²) in [5.74, 6) is -0.267. The van der Waals surface area contributed by atoms with Crippen molar-refractivity contribution in [2.24, 2.45) is 0 Å². The van der Waals surface area contributed by atoms with E-state index in [1.807, 2.05) is 54.7 Å². The van der Waals surface area contributed by atoms with Crippen LogP contribution in [0.3, 0.4) is 0 Å². The quantitative estimate of drug-likeness (QED) is 0.487. The van der Waals surface area contributed by atoms with Crippen LogP contribution >= 0.6 is 29.1 Å². The first kappa shape index (κ1) is 16.1. The van der Waals surface area contributed by atoms with Gasteiger partial charge in [0.2, 0.25) is 0 Å². The third-order valence-corrected chi connectivity index (χ3v) is 4.63. The molecule has 2 rings (SSSR count). The minimum absolute atomic E-state index is 0.267. The van der Waals surface area contributed by atoms with Crippen LogP contribution in [-0.4, -0.2) is 12.2 Å². The molecule has 0 saturated carbocycles. The Kier molecular flexibility index (Phi) is 5.86. The molecule has 1 aromatic heterocycles. The van der Waals surface area contributed by atoms with Gasteiger partial charge in [0.1, 0.15) is 0 Å². The lowest BCUT2D eigenvalue weighted by Gasteiger charge is -2.08. The van der Waals surface area contributed by atoms with E-state index in [0.29, 0.717) is 11.9 Å². The molecule has 3 nitrogen and oxygen atoms in total. The first-order valence-electron chi connectivity index (χ1n) is 6.26. The molecule has 2 aromatic rings. The van der Waals surface area contributed by atoms with Crippen LogP contribution in [0, 0.1) is 0 Å². The van der Waals surface area contributed by atoms with E-state index in [-0.39, 0.29) is 5.95 Å². The van der Waals surface area contributed by atoms with Crippen molar-refractivity contribution in [3.8, 4) is 0 Å². The van der Waals surface area contributed by atoms with Crippen LogP contribution in [-0.2, 0) is 11.2 Å². The summed E-state index contributed by atoms with van der Waals surface area (Å²) in [5.41, 5.74) is 2.47. The second-order valence-electron chi connectivity index (χ2n) is 4.29. The maximum Gasteiger partial charge on any atom is 0.355 e. The zero-order valence-corrected chi connectivity index (χ0v) is 13.8. The first-order valence-corrected chi connectivity index (χ1v) is 9.41.